The van der Waals surface area contributed by atoms with Gasteiger partial charge in [-0.25, -0.2) is 4.79 Å². The molecule has 0 aromatic heterocycles. The van der Waals surface area contributed by atoms with E-state index in [2.05, 4.69) is 39.5 Å². The van der Waals surface area contributed by atoms with Gasteiger partial charge in [-0.05, 0) is 73.3 Å². The number of hydrogen-bond donors (Lipinski definition) is 1. The average Bonchev–Trinajstić information content (AvgIpc) is 2.77. The van der Waals surface area contributed by atoms with E-state index in [1.165, 1.54) is 25.3 Å². The predicted molar refractivity (Wildman–Crippen MR) is 135 cm³/mol. The van der Waals surface area contributed by atoms with Crippen LogP contribution >= 0.6 is 0 Å². The van der Waals surface area contributed by atoms with Gasteiger partial charge < -0.3 is 19.5 Å². The maximum atomic E-state index is 13.1. The highest BCUT2D eigenvalue weighted by Gasteiger charge is 2.43. The summed E-state index contributed by atoms with van der Waals surface area (Å²) in [7, 11) is 1.23. The van der Waals surface area contributed by atoms with E-state index < -0.39 is 34.7 Å². The molecule has 202 valence electrons. The summed E-state index contributed by atoms with van der Waals surface area (Å²) in [6.45, 7) is 14.7. The molecule has 1 fully saturated rings. The molecule has 1 aliphatic rings. The Morgan fingerprint density at radius 1 is 1.14 bits per heavy atom. The molecule has 1 aromatic carbocycles. The Labute approximate surface area is 213 Å². The van der Waals surface area contributed by atoms with Crippen molar-refractivity contribution in [1.29, 1.82) is 0 Å². The van der Waals surface area contributed by atoms with Gasteiger partial charge in [-0.2, -0.15) is 0 Å². The molecule has 0 radical (unpaired) electrons. The lowest BCUT2D eigenvalue weighted by Crippen LogP contribution is -2.60. The van der Waals surface area contributed by atoms with Crippen LogP contribution in [0.4, 0.5) is 10.5 Å². The molecule has 0 bridgehead atoms. The molecule has 0 aliphatic carbocycles. The molecule has 0 saturated carbocycles. The third-order valence-corrected chi connectivity index (χ3v) is 6.73. The number of para-hydroxylation sites is 1. The lowest BCUT2D eigenvalue weighted by atomic mass is 9.78. The second-order valence-electron chi connectivity index (χ2n) is 11.1. The number of nitro groups is 1. The van der Waals surface area contributed by atoms with Crippen LogP contribution < -0.4 is 0 Å². The van der Waals surface area contributed by atoms with Gasteiger partial charge in [-0.1, -0.05) is 12.1 Å². The summed E-state index contributed by atoms with van der Waals surface area (Å²) >= 11 is 0. The topological polar surface area (TPSA) is 122 Å². The van der Waals surface area contributed by atoms with Gasteiger partial charge in [0.05, 0.1) is 29.6 Å². The van der Waals surface area contributed by atoms with E-state index in [4.69, 9.17) is 9.47 Å². The fraction of sp³-hybridized carbons (Fsp3) is 0.692. The van der Waals surface area contributed by atoms with E-state index in [0.29, 0.717) is 25.9 Å². The molecule has 1 aliphatic heterocycles. The highest BCUT2D eigenvalue weighted by atomic mass is 16.6. The number of esters is 1. The van der Waals surface area contributed by atoms with Crippen LogP contribution in [0.2, 0.25) is 0 Å². The van der Waals surface area contributed by atoms with Crippen LogP contribution in [0.25, 0.3) is 0 Å². The van der Waals surface area contributed by atoms with Gasteiger partial charge in [-0.3, -0.25) is 19.8 Å². The Morgan fingerprint density at radius 3 is 2.17 bits per heavy atom. The average molecular weight is 508 g/mol. The van der Waals surface area contributed by atoms with Gasteiger partial charge >= 0.3 is 12.1 Å². The number of nitro benzene ring substituents is 1. The molecular weight excluding hydrogens is 466 g/mol. The number of piperidine rings is 1. The molecule has 1 saturated heterocycles. The molecule has 2 unspecified atom stereocenters. The molecule has 1 aromatic rings. The summed E-state index contributed by atoms with van der Waals surface area (Å²) in [5.74, 6) is -1.96. The van der Waals surface area contributed by atoms with Gasteiger partial charge in [0.1, 0.15) is 0 Å². The van der Waals surface area contributed by atoms with E-state index in [1.807, 2.05) is 13.8 Å². The Bertz CT molecular complexity index is 934. The van der Waals surface area contributed by atoms with E-state index in [0.717, 1.165) is 0 Å². The Morgan fingerprint density at radius 2 is 1.69 bits per heavy atom. The van der Waals surface area contributed by atoms with Crippen LogP contribution in [0.5, 0.6) is 0 Å². The Hall–Kier alpha value is -2.72. The zero-order valence-corrected chi connectivity index (χ0v) is 22.7. The number of likely N-dealkylation sites (tertiary alicyclic amines) is 1. The molecule has 1 N–H and O–H groups in total. The lowest BCUT2D eigenvalue weighted by Gasteiger charge is -2.49. The van der Waals surface area contributed by atoms with Crippen LogP contribution in [-0.2, 0) is 14.3 Å². The maximum absolute atomic E-state index is 13.1. The zero-order chi connectivity index (χ0) is 27.4. The first-order valence-electron chi connectivity index (χ1n) is 12.4. The van der Waals surface area contributed by atoms with Crippen molar-refractivity contribution >= 4 is 17.7 Å². The zero-order valence-electron chi connectivity index (χ0n) is 22.7. The number of aliphatic hydroxyl groups excluding tert-OH is 1. The van der Waals surface area contributed by atoms with Crippen molar-refractivity contribution < 1.29 is 29.1 Å². The molecular formula is C26H41N3O7. The quantitative estimate of drug-likeness (QED) is 0.236. The van der Waals surface area contributed by atoms with Crippen LogP contribution in [0.1, 0.15) is 73.0 Å². The van der Waals surface area contributed by atoms with E-state index in [9.17, 15) is 24.8 Å². The van der Waals surface area contributed by atoms with Crippen molar-refractivity contribution in [3.63, 3.8) is 0 Å². The molecule has 1 heterocycles. The standard InChI is InChI=1S/C26H41N3O7/c1-17(2)28(25(3,4)5)26(6,7)36-24(32)27-15-13-18(14-16-27)21(23(31)35-8)22(30)19-11-9-10-12-20(19)29(33)34/h9-12,17-18,21-22,30H,13-16H2,1-8H3. The number of methoxy groups -OCH3 is 1. The second kappa shape index (κ2) is 11.6. The normalized spacial score (nSPS) is 17.1. The van der Waals surface area contributed by atoms with Crippen molar-refractivity contribution in [2.24, 2.45) is 11.8 Å². The lowest BCUT2D eigenvalue weighted by molar-refractivity contribution is -0.386. The summed E-state index contributed by atoms with van der Waals surface area (Å²) in [5.41, 5.74) is -1.26. The van der Waals surface area contributed by atoms with E-state index in [-0.39, 0.29) is 28.7 Å². The minimum Gasteiger partial charge on any atom is -0.469 e. The van der Waals surface area contributed by atoms with E-state index >= 15 is 0 Å². The number of amides is 1. The van der Waals surface area contributed by atoms with Gasteiger partial charge in [0.15, 0.2) is 5.72 Å². The van der Waals surface area contributed by atoms with Crippen molar-refractivity contribution in [2.75, 3.05) is 20.2 Å². The molecule has 2 atom stereocenters. The highest BCUT2D eigenvalue weighted by Crippen LogP contribution is 2.39. The largest absolute Gasteiger partial charge is 0.469 e. The Kier molecular flexibility index (Phi) is 9.47. The summed E-state index contributed by atoms with van der Waals surface area (Å²) < 4.78 is 10.9. The van der Waals surface area contributed by atoms with Crippen molar-refractivity contribution in [1.82, 2.24) is 9.80 Å². The number of aliphatic hydroxyl groups is 1. The minimum absolute atomic E-state index is 0.0671. The first-order chi connectivity index (χ1) is 16.6. The van der Waals surface area contributed by atoms with Crippen molar-refractivity contribution in [3.8, 4) is 0 Å². The number of hydrogen-bond acceptors (Lipinski definition) is 8. The van der Waals surface area contributed by atoms with Crippen molar-refractivity contribution in [2.45, 2.75) is 84.7 Å². The second-order valence-corrected chi connectivity index (χ2v) is 11.1. The predicted octanol–water partition coefficient (Wildman–Crippen LogP) is 4.51. The first kappa shape index (κ1) is 29.5. The van der Waals surface area contributed by atoms with Gasteiger partial charge in [0.2, 0.25) is 0 Å². The monoisotopic (exact) mass is 507 g/mol. The third-order valence-electron chi connectivity index (χ3n) is 6.73. The third kappa shape index (κ3) is 6.73. The molecule has 1 amide bonds. The van der Waals surface area contributed by atoms with Crippen LogP contribution in [0, 0.1) is 22.0 Å². The molecule has 36 heavy (non-hydrogen) atoms. The number of nitrogens with zero attached hydrogens (tertiary/aromatic N) is 3. The number of carbonyl (C=O) groups is 2. The number of carbonyl (C=O) groups excluding carboxylic acids is 2. The smallest absolute Gasteiger partial charge is 0.411 e. The van der Waals surface area contributed by atoms with Gasteiger partial charge in [0.25, 0.3) is 5.69 Å². The number of rotatable bonds is 8. The fourth-order valence-corrected chi connectivity index (χ4v) is 5.79. The molecule has 2 rings (SSSR count). The van der Waals surface area contributed by atoms with Gasteiger partial charge in [-0.15, -0.1) is 0 Å². The summed E-state index contributed by atoms with van der Waals surface area (Å²) in [6, 6.07) is 5.97. The first-order valence-corrected chi connectivity index (χ1v) is 12.4. The Balaban J connectivity index is 2.16. The van der Waals surface area contributed by atoms with Crippen LogP contribution in [0.15, 0.2) is 24.3 Å². The molecule has 10 heteroatoms. The highest BCUT2D eigenvalue weighted by molar-refractivity contribution is 5.74. The SMILES string of the molecule is COC(=O)C(C1CCN(C(=O)OC(C)(C)N(C(C)C)C(C)(C)C)CC1)C(O)c1ccccc1[N+](=O)[O-]. The van der Waals surface area contributed by atoms with Crippen LogP contribution in [-0.4, -0.2) is 69.4 Å². The van der Waals surface area contributed by atoms with Gasteiger partial charge in [0, 0.05) is 30.7 Å². The number of ether oxygens (including phenoxy) is 2. The molecule has 0 spiro atoms. The minimum atomic E-state index is -1.41. The summed E-state index contributed by atoms with van der Waals surface area (Å²) in [4.78, 5) is 40.4. The van der Waals surface area contributed by atoms with Crippen molar-refractivity contribution in [3.05, 3.63) is 39.9 Å². The number of benzene rings is 1. The summed E-state index contributed by atoms with van der Waals surface area (Å²) in [6.07, 6.45) is -1.02. The maximum Gasteiger partial charge on any atom is 0.411 e. The molecule has 10 nitrogen and oxygen atoms in total. The van der Waals surface area contributed by atoms with Crippen LogP contribution in [0.3, 0.4) is 0 Å². The fourth-order valence-electron chi connectivity index (χ4n) is 5.79. The summed E-state index contributed by atoms with van der Waals surface area (Å²) in [5, 5.41) is 22.5. The van der Waals surface area contributed by atoms with E-state index in [1.54, 1.807) is 11.0 Å².